The molecule has 0 saturated carbocycles. The number of rotatable bonds is 4. The Labute approximate surface area is 146 Å². The van der Waals surface area contributed by atoms with Gasteiger partial charge in [0.05, 0.1) is 10.2 Å². The number of aryl methyl sites for hydroxylation is 1. The maximum Gasteiger partial charge on any atom is 0.164 e. The Bertz CT molecular complexity index is 1030. The van der Waals surface area contributed by atoms with Gasteiger partial charge < -0.3 is 10.4 Å². The Morgan fingerprint density at radius 2 is 2.00 bits per heavy atom. The van der Waals surface area contributed by atoms with E-state index in [0.29, 0.717) is 17.2 Å². The Morgan fingerprint density at radius 1 is 1.20 bits per heavy atom. The van der Waals surface area contributed by atoms with Crippen LogP contribution in [0.5, 0.6) is 0 Å². The summed E-state index contributed by atoms with van der Waals surface area (Å²) in [5, 5.41) is 22.7. The Hall–Kier alpha value is -2.84. The van der Waals surface area contributed by atoms with Crippen molar-refractivity contribution in [2.24, 2.45) is 0 Å². The van der Waals surface area contributed by atoms with Crippen molar-refractivity contribution in [1.29, 1.82) is 0 Å². The van der Waals surface area contributed by atoms with E-state index in [4.69, 9.17) is 0 Å². The molecule has 0 amide bonds. The van der Waals surface area contributed by atoms with Crippen LogP contribution in [0.2, 0.25) is 0 Å². The number of anilines is 2. The molecule has 126 valence electrons. The van der Waals surface area contributed by atoms with Crippen LogP contribution in [0.25, 0.3) is 10.2 Å². The third-order valence-corrected chi connectivity index (χ3v) is 4.61. The average molecular weight is 355 g/mol. The molecular weight excluding hydrogens is 341 g/mol. The van der Waals surface area contributed by atoms with Gasteiger partial charge in [0.25, 0.3) is 0 Å². The molecule has 0 spiro atoms. The molecule has 0 saturated heterocycles. The van der Waals surface area contributed by atoms with E-state index in [-0.39, 0.29) is 11.6 Å². The first kappa shape index (κ1) is 15.7. The van der Waals surface area contributed by atoms with Crippen molar-refractivity contribution in [1.82, 2.24) is 20.2 Å². The fourth-order valence-electron chi connectivity index (χ4n) is 2.49. The number of aromatic amines is 1. The summed E-state index contributed by atoms with van der Waals surface area (Å²) >= 11 is 1.50. The lowest BCUT2D eigenvalue weighted by Gasteiger charge is -2.12. The van der Waals surface area contributed by atoms with E-state index in [0.717, 1.165) is 15.9 Å². The van der Waals surface area contributed by atoms with Gasteiger partial charge in [0, 0.05) is 11.8 Å². The van der Waals surface area contributed by atoms with Crippen LogP contribution in [0.15, 0.2) is 41.8 Å². The molecule has 8 heteroatoms. The average Bonchev–Trinajstić information content (AvgIpc) is 3.23. The molecule has 0 fully saturated rings. The number of benzene rings is 1. The van der Waals surface area contributed by atoms with Gasteiger partial charge in [-0.05, 0) is 36.1 Å². The second-order valence-electron chi connectivity index (χ2n) is 5.58. The van der Waals surface area contributed by atoms with Crippen LogP contribution < -0.4 is 5.32 Å². The fraction of sp³-hybridized carbons (Fsp3) is 0.118. The van der Waals surface area contributed by atoms with Gasteiger partial charge in [-0.2, -0.15) is 5.10 Å². The number of nitrogens with zero attached hydrogens (tertiary/aromatic N) is 3. The molecule has 4 rings (SSSR count). The van der Waals surface area contributed by atoms with Crippen LogP contribution >= 0.6 is 11.3 Å². The van der Waals surface area contributed by atoms with E-state index in [9.17, 15) is 9.50 Å². The number of fused-ring (bicyclic) bond motifs is 1. The zero-order valence-electron chi connectivity index (χ0n) is 13.2. The van der Waals surface area contributed by atoms with Crippen molar-refractivity contribution in [3.63, 3.8) is 0 Å². The molecule has 6 nitrogen and oxygen atoms in total. The van der Waals surface area contributed by atoms with E-state index >= 15 is 0 Å². The molecule has 0 aliphatic carbocycles. The molecule has 1 aromatic carbocycles. The van der Waals surface area contributed by atoms with E-state index in [1.54, 1.807) is 0 Å². The van der Waals surface area contributed by atoms with E-state index in [1.165, 1.54) is 35.6 Å². The van der Waals surface area contributed by atoms with Crippen LogP contribution in [-0.2, 0) is 0 Å². The van der Waals surface area contributed by atoms with Crippen LogP contribution in [0.4, 0.5) is 16.0 Å². The predicted molar refractivity (Wildman–Crippen MR) is 94.5 cm³/mol. The highest BCUT2D eigenvalue weighted by Gasteiger charge is 2.18. The normalized spacial score (nSPS) is 12.4. The molecule has 0 bridgehead atoms. The second kappa shape index (κ2) is 6.23. The molecule has 0 radical (unpaired) electrons. The Morgan fingerprint density at radius 3 is 2.72 bits per heavy atom. The van der Waals surface area contributed by atoms with Crippen molar-refractivity contribution < 1.29 is 9.50 Å². The van der Waals surface area contributed by atoms with E-state index in [2.05, 4.69) is 25.5 Å². The summed E-state index contributed by atoms with van der Waals surface area (Å²) in [5.41, 5.74) is 2.18. The minimum absolute atomic E-state index is 0.243. The number of aliphatic hydroxyl groups is 1. The van der Waals surface area contributed by atoms with Crippen molar-refractivity contribution in [2.45, 2.75) is 13.0 Å². The SMILES string of the molecule is Cc1cc(Nc2nc(C(O)c3ccc(F)cc3)nc3ccsc23)n[nH]1. The van der Waals surface area contributed by atoms with Crippen molar-refractivity contribution in [3.05, 3.63) is 64.7 Å². The highest BCUT2D eigenvalue weighted by atomic mass is 32.1. The van der Waals surface area contributed by atoms with Gasteiger partial charge in [-0.1, -0.05) is 12.1 Å². The molecule has 0 aliphatic rings. The van der Waals surface area contributed by atoms with Gasteiger partial charge in [-0.25, -0.2) is 14.4 Å². The van der Waals surface area contributed by atoms with Gasteiger partial charge in [0.2, 0.25) is 0 Å². The minimum atomic E-state index is -1.05. The lowest BCUT2D eigenvalue weighted by Crippen LogP contribution is -2.07. The lowest BCUT2D eigenvalue weighted by molar-refractivity contribution is 0.210. The highest BCUT2D eigenvalue weighted by molar-refractivity contribution is 7.17. The quantitative estimate of drug-likeness (QED) is 0.520. The van der Waals surface area contributed by atoms with Gasteiger partial charge in [0.1, 0.15) is 11.9 Å². The van der Waals surface area contributed by atoms with Gasteiger partial charge in [0.15, 0.2) is 17.5 Å². The van der Waals surface area contributed by atoms with Crippen LogP contribution in [0.3, 0.4) is 0 Å². The zero-order chi connectivity index (χ0) is 17.4. The number of hydrogen-bond donors (Lipinski definition) is 3. The third-order valence-electron chi connectivity index (χ3n) is 3.70. The first-order valence-electron chi connectivity index (χ1n) is 7.58. The zero-order valence-corrected chi connectivity index (χ0v) is 14.0. The maximum atomic E-state index is 13.1. The third kappa shape index (κ3) is 3.09. The number of aromatic nitrogens is 4. The van der Waals surface area contributed by atoms with Crippen LogP contribution in [0.1, 0.15) is 23.2 Å². The number of thiophene rings is 1. The van der Waals surface area contributed by atoms with Crippen LogP contribution in [-0.4, -0.2) is 25.3 Å². The summed E-state index contributed by atoms with van der Waals surface area (Å²) in [6.45, 7) is 1.91. The van der Waals surface area contributed by atoms with Gasteiger partial charge in [-0.15, -0.1) is 11.3 Å². The molecule has 25 heavy (non-hydrogen) atoms. The highest BCUT2D eigenvalue weighted by Crippen LogP contribution is 2.30. The van der Waals surface area contributed by atoms with Crippen molar-refractivity contribution >= 4 is 33.2 Å². The molecule has 4 aromatic rings. The molecule has 1 atom stereocenters. The second-order valence-corrected chi connectivity index (χ2v) is 6.50. The Kier molecular flexibility index (Phi) is 3.90. The molecule has 3 aromatic heterocycles. The summed E-state index contributed by atoms with van der Waals surface area (Å²) in [4.78, 5) is 8.90. The number of halogens is 1. The minimum Gasteiger partial charge on any atom is -0.380 e. The van der Waals surface area contributed by atoms with E-state index in [1.807, 2.05) is 24.4 Å². The smallest absolute Gasteiger partial charge is 0.164 e. The summed E-state index contributed by atoms with van der Waals surface area (Å²) in [7, 11) is 0. The molecular formula is C17H14FN5OS. The fourth-order valence-corrected chi connectivity index (χ4v) is 3.26. The molecule has 3 heterocycles. The summed E-state index contributed by atoms with van der Waals surface area (Å²) in [5.74, 6) is 1.09. The van der Waals surface area contributed by atoms with Crippen molar-refractivity contribution in [2.75, 3.05) is 5.32 Å². The predicted octanol–water partition coefficient (Wildman–Crippen LogP) is 3.69. The topological polar surface area (TPSA) is 86.7 Å². The summed E-state index contributed by atoms with van der Waals surface area (Å²) in [6, 6.07) is 9.36. The molecule has 1 unspecified atom stereocenters. The number of aliphatic hydroxyl groups excluding tert-OH is 1. The largest absolute Gasteiger partial charge is 0.380 e. The van der Waals surface area contributed by atoms with Crippen LogP contribution in [0, 0.1) is 12.7 Å². The Balaban J connectivity index is 1.75. The number of hydrogen-bond acceptors (Lipinski definition) is 6. The number of nitrogens with one attached hydrogen (secondary N) is 2. The standard InChI is InChI=1S/C17H14FN5OS/c1-9-8-13(23-22-9)20-17-15-12(6-7-25-15)19-16(21-17)14(24)10-2-4-11(18)5-3-10/h2-8,14,24H,1H3,(H2,19,20,21,22,23). The van der Waals surface area contributed by atoms with Gasteiger partial charge >= 0.3 is 0 Å². The monoisotopic (exact) mass is 355 g/mol. The lowest BCUT2D eigenvalue weighted by atomic mass is 10.1. The number of H-pyrrole nitrogens is 1. The van der Waals surface area contributed by atoms with E-state index < -0.39 is 6.10 Å². The summed E-state index contributed by atoms with van der Waals surface area (Å²) < 4.78 is 14.0. The summed E-state index contributed by atoms with van der Waals surface area (Å²) in [6.07, 6.45) is -1.05. The molecule has 0 aliphatic heterocycles. The van der Waals surface area contributed by atoms with Gasteiger partial charge in [-0.3, -0.25) is 5.10 Å². The molecule has 3 N–H and O–H groups in total. The first-order valence-corrected chi connectivity index (χ1v) is 8.46. The van der Waals surface area contributed by atoms with Crippen molar-refractivity contribution in [3.8, 4) is 0 Å². The maximum absolute atomic E-state index is 13.1. The first-order chi connectivity index (χ1) is 12.1.